The van der Waals surface area contributed by atoms with E-state index in [2.05, 4.69) is 4.98 Å². The first kappa shape index (κ1) is 23.2. The Morgan fingerprint density at radius 2 is 1.94 bits per heavy atom. The third kappa shape index (κ3) is 4.71. The molecule has 7 nitrogen and oxygen atoms in total. The highest BCUT2D eigenvalue weighted by atomic mass is 19.1. The number of aliphatic hydroxyl groups is 1. The van der Waals surface area contributed by atoms with Gasteiger partial charge in [0.15, 0.2) is 0 Å². The van der Waals surface area contributed by atoms with Crippen LogP contribution in [0.4, 0.5) is 4.39 Å². The topological polar surface area (TPSA) is 86.5 Å². The summed E-state index contributed by atoms with van der Waals surface area (Å²) in [5, 5.41) is 11.1. The van der Waals surface area contributed by atoms with E-state index < -0.39 is 23.5 Å². The number of nitrogens with zero attached hydrogens (tertiary/aromatic N) is 2. The number of aryl methyl sites for hydroxylation is 1. The van der Waals surface area contributed by atoms with E-state index in [-0.39, 0.29) is 23.4 Å². The number of imidazole rings is 1. The number of ether oxygens (including phenoxy) is 1. The lowest BCUT2D eigenvalue weighted by Gasteiger charge is -2.25. The smallest absolute Gasteiger partial charge is 0.295 e. The largest absolute Gasteiger partial charge is 0.507 e. The number of benzene rings is 2. The lowest BCUT2D eigenvalue weighted by atomic mass is 9.95. The summed E-state index contributed by atoms with van der Waals surface area (Å²) in [7, 11) is 0. The first-order chi connectivity index (χ1) is 16.5. The first-order valence-electron chi connectivity index (χ1n) is 11.3. The summed E-state index contributed by atoms with van der Waals surface area (Å²) in [6.45, 7) is 3.39. The van der Waals surface area contributed by atoms with E-state index in [9.17, 15) is 19.1 Å². The molecule has 1 fully saturated rings. The molecule has 0 radical (unpaired) electrons. The number of amides is 1. The normalized spacial score (nSPS) is 17.4. The molecule has 0 spiro atoms. The predicted octanol–water partition coefficient (Wildman–Crippen LogP) is 3.74. The fourth-order valence-electron chi connectivity index (χ4n) is 4.10. The van der Waals surface area contributed by atoms with Crippen molar-refractivity contribution < 1.29 is 28.4 Å². The molecule has 0 aliphatic carbocycles. The summed E-state index contributed by atoms with van der Waals surface area (Å²) in [4.78, 5) is 30.3. The van der Waals surface area contributed by atoms with Crippen LogP contribution >= 0.6 is 0 Å². The monoisotopic (exact) mass is 464 g/mol. The van der Waals surface area contributed by atoms with Crippen LogP contribution in [-0.2, 0) is 16.1 Å². The maximum absolute atomic E-state index is 14.8. The lowest BCUT2D eigenvalue weighted by molar-refractivity contribution is -0.695. The number of Topliss-reactive ketones (excluding diaryl/α,β-unsaturated/α-hetero) is 1. The third-order valence-corrected chi connectivity index (χ3v) is 5.76. The van der Waals surface area contributed by atoms with Crippen molar-refractivity contribution in [1.29, 1.82) is 0 Å². The summed E-state index contributed by atoms with van der Waals surface area (Å²) < 4.78 is 22.3. The summed E-state index contributed by atoms with van der Waals surface area (Å²) >= 11 is 0. The van der Waals surface area contributed by atoms with E-state index >= 15 is 0 Å². The molecule has 1 aliphatic heterocycles. The van der Waals surface area contributed by atoms with Crippen molar-refractivity contribution in [3.8, 4) is 5.75 Å². The number of likely N-dealkylation sites (tertiary alicyclic amines) is 1. The summed E-state index contributed by atoms with van der Waals surface area (Å²) in [6.07, 6.45) is 6.83. The van der Waals surface area contributed by atoms with Gasteiger partial charge in [-0.3, -0.25) is 14.6 Å². The summed E-state index contributed by atoms with van der Waals surface area (Å²) in [6, 6.07) is 11.6. The number of aliphatic hydroxyl groups excluding tert-OH is 1. The van der Waals surface area contributed by atoms with Crippen LogP contribution in [0.1, 0.15) is 36.9 Å². The summed E-state index contributed by atoms with van der Waals surface area (Å²) in [5.74, 6) is -1.83. The Kier molecular flexibility index (Phi) is 7.06. The molecule has 1 saturated heterocycles. The van der Waals surface area contributed by atoms with Crippen LogP contribution in [0.5, 0.6) is 5.75 Å². The molecule has 2 N–H and O–H groups in total. The van der Waals surface area contributed by atoms with Gasteiger partial charge in [-0.05, 0) is 36.8 Å². The zero-order valence-corrected chi connectivity index (χ0v) is 18.9. The minimum Gasteiger partial charge on any atom is -0.507 e. The standard InChI is InChI=1S/C26H26FN3O4/c1-2-16-34-19-10-8-18(9-11-19)24(31)22-23(20-6-3-4-7-21(20)27)30(26(33)25(22)32)14-5-13-29-15-12-28-17-29/h3-4,6-12,15,17,23H,2,5,13-14,16H2,1H3,(H,31,32)/p+1. The zero-order valence-electron chi connectivity index (χ0n) is 18.9. The number of rotatable bonds is 9. The molecular weight excluding hydrogens is 437 g/mol. The van der Waals surface area contributed by atoms with E-state index in [0.29, 0.717) is 30.9 Å². The van der Waals surface area contributed by atoms with Crippen molar-refractivity contribution in [2.24, 2.45) is 0 Å². The van der Waals surface area contributed by atoms with Crippen LogP contribution in [-0.4, -0.2) is 39.8 Å². The second-order valence-electron chi connectivity index (χ2n) is 8.09. The van der Waals surface area contributed by atoms with Gasteiger partial charge >= 0.3 is 0 Å². The molecule has 3 aromatic rings. The van der Waals surface area contributed by atoms with Gasteiger partial charge in [0.25, 0.3) is 11.7 Å². The van der Waals surface area contributed by atoms with Crippen molar-refractivity contribution in [2.45, 2.75) is 32.4 Å². The molecule has 2 heterocycles. The molecule has 0 bridgehead atoms. The van der Waals surface area contributed by atoms with E-state index in [1.54, 1.807) is 48.9 Å². The number of ketones is 1. The molecule has 1 amide bonds. The van der Waals surface area contributed by atoms with Crippen molar-refractivity contribution in [3.63, 3.8) is 0 Å². The minimum atomic E-state index is -1.02. The number of aromatic nitrogens is 2. The van der Waals surface area contributed by atoms with Gasteiger partial charge in [-0.1, -0.05) is 25.1 Å². The number of carbonyl (C=O) groups excluding carboxylic acids is 2. The van der Waals surface area contributed by atoms with E-state index in [0.717, 1.165) is 6.42 Å². The molecule has 0 saturated carbocycles. The van der Waals surface area contributed by atoms with E-state index in [1.165, 1.54) is 17.0 Å². The van der Waals surface area contributed by atoms with Crippen LogP contribution in [0.15, 0.2) is 72.8 Å². The highest BCUT2D eigenvalue weighted by Gasteiger charge is 2.46. The van der Waals surface area contributed by atoms with Crippen molar-refractivity contribution >= 4 is 17.4 Å². The van der Waals surface area contributed by atoms with Gasteiger partial charge in [-0.25, -0.2) is 8.96 Å². The molecule has 4 rings (SSSR count). The fraction of sp³-hybridized carbons (Fsp3) is 0.269. The van der Waals surface area contributed by atoms with Gasteiger partial charge < -0.3 is 14.7 Å². The molecular formula is C26H27FN3O4+. The Balaban J connectivity index is 1.69. The van der Waals surface area contributed by atoms with Crippen LogP contribution in [0.2, 0.25) is 0 Å². The van der Waals surface area contributed by atoms with Crippen molar-refractivity contribution in [1.82, 2.24) is 9.88 Å². The second-order valence-corrected chi connectivity index (χ2v) is 8.09. The van der Waals surface area contributed by atoms with Crippen LogP contribution in [0, 0.1) is 5.82 Å². The molecule has 2 aromatic carbocycles. The quantitative estimate of drug-likeness (QED) is 0.219. The number of nitrogens with one attached hydrogen (secondary N) is 1. The second kappa shape index (κ2) is 10.3. The molecule has 34 heavy (non-hydrogen) atoms. The van der Waals surface area contributed by atoms with Crippen molar-refractivity contribution in [2.75, 3.05) is 13.2 Å². The Morgan fingerprint density at radius 3 is 2.62 bits per heavy atom. The molecule has 8 heteroatoms. The Morgan fingerprint density at radius 1 is 1.18 bits per heavy atom. The number of hydrogen-bond donors (Lipinski definition) is 2. The molecule has 1 aromatic heterocycles. The summed E-state index contributed by atoms with van der Waals surface area (Å²) in [5.41, 5.74) is 0.401. The number of carbonyl (C=O) groups is 2. The molecule has 1 unspecified atom stereocenters. The average molecular weight is 465 g/mol. The zero-order chi connectivity index (χ0) is 24.1. The molecule has 1 aliphatic rings. The Bertz CT molecular complexity index is 1190. The van der Waals surface area contributed by atoms with Gasteiger partial charge in [-0.15, -0.1) is 0 Å². The number of aromatic amines is 1. The maximum atomic E-state index is 14.8. The Labute approximate surface area is 197 Å². The third-order valence-electron chi connectivity index (χ3n) is 5.76. The first-order valence-corrected chi connectivity index (χ1v) is 11.3. The average Bonchev–Trinajstić information content (AvgIpc) is 3.45. The molecule has 1 atom stereocenters. The predicted molar refractivity (Wildman–Crippen MR) is 123 cm³/mol. The minimum absolute atomic E-state index is 0.119. The SMILES string of the molecule is CCCOc1ccc(C(O)=C2C(=O)C(=O)N(CCC[n+]3cc[nH]c3)C2c2ccccc2F)cc1. The van der Waals surface area contributed by atoms with Gasteiger partial charge in [0.1, 0.15) is 29.7 Å². The van der Waals surface area contributed by atoms with Crippen molar-refractivity contribution in [3.05, 3.63) is 89.8 Å². The fourth-order valence-corrected chi connectivity index (χ4v) is 4.10. The van der Waals surface area contributed by atoms with Gasteiger partial charge in [0, 0.05) is 24.1 Å². The number of halogens is 1. The number of hydrogen-bond acceptors (Lipinski definition) is 4. The highest BCUT2D eigenvalue weighted by Crippen LogP contribution is 2.40. The van der Waals surface area contributed by atoms with Gasteiger partial charge in [0.2, 0.25) is 6.33 Å². The Hall–Kier alpha value is -3.94. The number of H-pyrrole nitrogens is 1. The maximum Gasteiger partial charge on any atom is 0.295 e. The van der Waals surface area contributed by atoms with Gasteiger partial charge in [0.05, 0.1) is 24.8 Å². The van der Waals surface area contributed by atoms with E-state index in [4.69, 9.17) is 4.74 Å². The van der Waals surface area contributed by atoms with Gasteiger partial charge in [-0.2, -0.15) is 0 Å². The van der Waals surface area contributed by atoms with Crippen LogP contribution in [0.25, 0.3) is 5.76 Å². The molecule has 176 valence electrons. The highest BCUT2D eigenvalue weighted by molar-refractivity contribution is 6.46. The van der Waals surface area contributed by atoms with Crippen LogP contribution in [0.3, 0.4) is 0 Å². The lowest BCUT2D eigenvalue weighted by Crippen LogP contribution is -2.36. The van der Waals surface area contributed by atoms with Crippen LogP contribution < -0.4 is 9.30 Å². The van der Waals surface area contributed by atoms with E-state index in [1.807, 2.05) is 17.7 Å².